The smallest absolute Gasteiger partial charge is 0.338 e. The Kier molecular flexibility index (Phi) is 3.25. The predicted molar refractivity (Wildman–Crippen MR) is 52.7 cm³/mol. The highest BCUT2D eigenvalue weighted by Gasteiger charge is 2.15. The fraction of sp³-hybridized carbons (Fsp3) is 0.200. The van der Waals surface area contributed by atoms with E-state index in [1.165, 1.54) is 13.2 Å². The van der Waals surface area contributed by atoms with E-state index < -0.39 is 11.2 Å². The zero-order chi connectivity index (χ0) is 10.7. The van der Waals surface area contributed by atoms with Crippen molar-refractivity contribution in [2.24, 2.45) is 0 Å². The summed E-state index contributed by atoms with van der Waals surface area (Å²) in [6.45, 7) is 1.81. The van der Waals surface area contributed by atoms with Crippen LogP contribution in [-0.2, 0) is 4.74 Å². The number of benzene rings is 1. The molecule has 1 aromatic rings. The highest BCUT2D eigenvalue weighted by molar-refractivity contribution is 6.68. The average molecular weight is 213 g/mol. The van der Waals surface area contributed by atoms with Gasteiger partial charge in [-0.15, -0.1) is 0 Å². The summed E-state index contributed by atoms with van der Waals surface area (Å²) in [4.78, 5) is 22.2. The van der Waals surface area contributed by atoms with Crippen molar-refractivity contribution >= 4 is 22.8 Å². The Bertz CT molecular complexity index is 385. The molecule has 4 heteroatoms. The minimum Gasteiger partial charge on any atom is -0.465 e. The van der Waals surface area contributed by atoms with Gasteiger partial charge in [-0.3, -0.25) is 4.79 Å². The molecule has 0 amide bonds. The van der Waals surface area contributed by atoms with Crippen molar-refractivity contribution in [3.8, 4) is 0 Å². The van der Waals surface area contributed by atoms with Gasteiger partial charge in [0.1, 0.15) is 0 Å². The average Bonchev–Trinajstić information content (AvgIpc) is 2.16. The Morgan fingerprint density at radius 2 is 1.93 bits per heavy atom. The molecule has 14 heavy (non-hydrogen) atoms. The fourth-order valence-electron chi connectivity index (χ4n) is 1.11. The third-order valence-corrected chi connectivity index (χ3v) is 2.00. The van der Waals surface area contributed by atoms with Crippen molar-refractivity contribution in [1.82, 2.24) is 0 Å². The van der Waals surface area contributed by atoms with Crippen molar-refractivity contribution in [2.75, 3.05) is 7.11 Å². The first-order chi connectivity index (χ1) is 6.56. The Hall–Kier alpha value is -1.35. The van der Waals surface area contributed by atoms with Crippen LogP contribution in [0.3, 0.4) is 0 Å². The van der Waals surface area contributed by atoms with Crippen molar-refractivity contribution in [3.63, 3.8) is 0 Å². The highest BCUT2D eigenvalue weighted by Crippen LogP contribution is 2.15. The van der Waals surface area contributed by atoms with Crippen LogP contribution in [0.4, 0.5) is 0 Å². The van der Waals surface area contributed by atoms with Gasteiger partial charge < -0.3 is 4.74 Å². The second-order valence-corrected chi connectivity index (χ2v) is 3.16. The van der Waals surface area contributed by atoms with E-state index in [1.54, 1.807) is 12.1 Å². The first-order valence-electron chi connectivity index (χ1n) is 3.95. The number of carbonyl (C=O) groups is 2. The Labute approximate surface area is 86.6 Å². The number of rotatable bonds is 2. The standard InChI is InChI=1S/C10H9ClO3/c1-6-3-4-7(10(13)14-2)8(5-6)9(11)12/h3-5H,1-2H3. The zero-order valence-corrected chi connectivity index (χ0v) is 8.59. The van der Waals surface area contributed by atoms with Gasteiger partial charge >= 0.3 is 5.97 Å². The summed E-state index contributed by atoms with van der Waals surface area (Å²) in [5, 5.41) is -0.658. The molecule has 74 valence electrons. The second-order valence-electron chi connectivity index (χ2n) is 2.81. The summed E-state index contributed by atoms with van der Waals surface area (Å²) in [7, 11) is 1.25. The van der Waals surface area contributed by atoms with Gasteiger partial charge in [-0.2, -0.15) is 0 Å². The maximum atomic E-state index is 11.2. The van der Waals surface area contributed by atoms with E-state index in [2.05, 4.69) is 4.74 Å². The quantitative estimate of drug-likeness (QED) is 0.557. The first-order valence-corrected chi connectivity index (χ1v) is 4.33. The molecule has 0 radical (unpaired) electrons. The maximum Gasteiger partial charge on any atom is 0.338 e. The predicted octanol–water partition coefficient (Wildman–Crippen LogP) is 2.16. The lowest BCUT2D eigenvalue weighted by atomic mass is 10.1. The van der Waals surface area contributed by atoms with Crippen LogP contribution in [0.5, 0.6) is 0 Å². The molecule has 0 fully saturated rings. The normalized spacial score (nSPS) is 9.64. The van der Waals surface area contributed by atoms with E-state index in [0.29, 0.717) is 0 Å². The van der Waals surface area contributed by atoms with Gasteiger partial charge in [-0.25, -0.2) is 4.79 Å². The molecule has 3 nitrogen and oxygen atoms in total. The summed E-state index contributed by atoms with van der Waals surface area (Å²) < 4.78 is 4.52. The van der Waals surface area contributed by atoms with Gasteiger partial charge in [0, 0.05) is 5.56 Å². The zero-order valence-electron chi connectivity index (χ0n) is 7.83. The van der Waals surface area contributed by atoms with Crippen molar-refractivity contribution < 1.29 is 14.3 Å². The molecule has 0 saturated carbocycles. The minimum atomic E-state index is -0.658. The SMILES string of the molecule is COC(=O)c1ccc(C)cc1C(=O)Cl. The van der Waals surface area contributed by atoms with Crippen LogP contribution in [0, 0.1) is 6.92 Å². The molecule has 0 aliphatic carbocycles. The van der Waals surface area contributed by atoms with Gasteiger partial charge in [0.2, 0.25) is 0 Å². The number of methoxy groups -OCH3 is 1. The largest absolute Gasteiger partial charge is 0.465 e. The molecule has 1 aromatic carbocycles. The van der Waals surface area contributed by atoms with Crippen LogP contribution >= 0.6 is 11.6 Å². The number of aryl methyl sites for hydroxylation is 1. The first kappa shape index (κ1) is 10.7. The molecular formula is C10H9ClO3. The minimum absolute atomic E-state index is 0.179. The molecule has 0 saturated heterocycles. The molecule has 0 atom stereocenters. The van der Waals surface area contributed by atoms with E-state index in [1.807, 2.05) is 6.92 Å². The lowest BCUT2D eigenvalue weighted by Gasteiger charge is -2.04. The molecule has 0 aromatic heterocycles. The summed E-state index contributed by atoms with van der Waals surface area (Å²) in [5.41, 5.74) is 1.23. The number of halogens is 1. The molecular weight excluding hydrogens is 204 g/mol. The molecule has 0 heterocycles. The number of ether oxygens (including phenoxy) is 1. The number of hydrogen-bond donors (Lipinski definition) is 0. The second kappa shape index (κ2) is 4.24. The van der Waals surface area contributed by atoms with Crippen LogP contribution in [0.15, 0.2) is 18.2 Å². The number of carbonyl (C=O) groups excluding carboxylic acids is 2. The van der Waals surface area contributed by atoms with Gasteiger partial charge in [-0.05, 0) is 30.7 Å². The third-order valence-electron chi connectivity index (χ3n) is 1.79. The fourth-order valence-corrected chi connectivity index (χ4v) is 1.27. The third kappa shape index (κ3) is 2.12. The van der Waals surface area contributed by atoms with Gasteiger partial charge in [0.25, 0.3) is 5.24 Å². The number of esters is 1. The molecule has 0 unspecified atom stereocenters. The van der Waals surface area contributed by atoms with Crippen LogP contribution in [0.25, 0.3) is 0 Å². The van der Waals surface area contributed by atoms with Crippen LogP contribution in [0.1, 0.15) is 26.3 Å². The highest BCUT2D eigenvalue weighted by atomic mass is 35.5. The van der Waals surface area contributed by atoms with E-state index in [0.717, 1.165) is 5.56 Å². The Morgan fingerprint density at radius 3 is 2.43 bits per heavy atom. The lowest BCUT2D eigenvalue weighted by molar-refractivity contribution is 0.0598. The summed E-state index contributed by atoms with van der Waals surface area (Å²) >= 11 is 5.33. The van der Waals surface area contributed by atoms with Crippen LogP contribution in [-0.4, -0.2) is 18.3 Å². The van der Waals surface area contributed by atoms with Crippen molar-refractivity contribution in [3.05, 3.63) is 34.9 Å². The van der Waals surface area contributed by atoms with E-state index >= 15 is 0 Å². The van der Waals surface area contributed by atoms with Crippen molar-refractivity contribution in [2.45, 2.75) is 6.92 Å². The van der Waals surface area contributed by atoms with Crippen LogP contribution < -0.4 is 0 Å². The Morgan fingerprint density at radius 1 is 1.29 bits per heavy atom. The molecule has 0 spiro atoms. The molecule has 1 rings (SSSR count). The van der Waals surface area contributed by atoms with Crippen LogP contribution in [0.2, 0.25) is 0 Å². The van der Waals surface area contributed by atoms with Gasteiger partial charge in [0.15, 0.2) is 0 Å². The molecule has 0 N–H and O–H groups in total. The van der Waals surface area contributed by atoms with E-state index in [9.17, 15) is 9.59 Å². The lowest BCUT2D eigenvalue weighted by Crippen LogP contribution is -2.07. The maximum absolute atomic E-state index is 11.2. The monoisotopic (exact) mass is 212 g/mol. The van der Waals surface area contributed by atoms with E-state index in [-0.39, 0.29) is 11.1 Å². The molecule has 0 aliphatic rings. The summed E-state index contributed by atoms with van der Waals surface area (Å²) in [6, 6.07) is 4.80. The van der Waals surface area contributed by atoms with Gasteiger partial charge in [-0.1, -0.05) is 11.6 Å². The topological polar surface area (TPSA) is 43.4 Å². The number of hydrogen-bond acceptors (Lipinski definition) is 3. The van der Waals surface area contributed by atoms with Crippen molar-refractivity contribution in [1.29, 1.82) is 0 Å². The summed E-state index contributed by atoms with van der Waals surface area (Å²) in [5.74, 6) is -0.561. The van der Waals surface area contributed by atoms with Gasteiger partial charge in [0.05, 0.1) is 12.7 Å². The summed E-state index contributed by atoms with van der Waals surface area (Å²) in [6.07, 6.45) is 0. The molecule has 0 bridgehead atoms. The molecule has 0 aliphatic heterocycles. The van der Waals surface area contributed by atoms with E-state index in [4.69, 9.17) is 11.6 Å². The Balaban J connectivity index is 3.28.